The third-order valence-corrected chi connectivity index (χ3v) is 5.63. The van der Waals surface area contributed by atoms with E-state index in [0.717, 1.165) is 24.1 Å². The number of benzene rings is 1. The van der Waals surface area contributed by atoms with E-state index in [1.165, 1.54) is 25.7 Å². The minimum atomic E-state index is -0.0482. The van der Waals surface area contributed by atoms with Crippen LogP contribution in [-0.2, 0) is 4.79 Å². The number of rotatable bonds is 6. The molecule has 0 bridgehead atoms. The molecule has 27 heavy (non-hydrogen) atoms. The Labute approximate surface area is 162 Å². The molecular formula is C22H30N4O. The molecule has 0 radical (unpaired) electrons. The second-order valence-corrected chi connectivity index (χ2v) is 7.64. The molecule has 0 spiro atoms. The minimum Gasteiger partial charge on any atom is -0.351 e. The number of likely N-dealkylation sites (N-methyl/N-ethyl adjacent to an activating group) is 1. The van der Waals surface area contributed by atoms with Crippen molar-refractivity contribution in [2.45, 2.75) is 44.1 Å². The zero-order valence-corrected chi connectivity index (χ0v) is 16.4. The summed E-state index contributed by atoms with van der Waals surface area (Å²) in [4.78, 5) is 14.6. The van der Waals surface area contributed by atoms with Crippen LogP contribution in [0.4, 0.5) is 0 Å². The molecule has 0 saturated heterocycles. The molecule has 5 heteroatoms. The summed E-state index contributed by atoms with van der Waals surface area (Å²) in [5.41, 5.74) is 1.99. The molecule has 2 aromatic rings. The predicted molar refractivity (Wildman–Crippen MR) is 110 cm³/mol. The van der Waals surface area contributed by atoms with E-state index in [4.69, 9.17) is 0 Å². The second kappa shape index (κ2) is 9.00. The Morgan fingerprint density at radius 3 is 2.56 bits per heavy atom. The van der Waals surface area contributed by atoms with Crippen molar-refractivity contribution in [1.29, 1.82) is 0 Å². The molecule has 0 unspecified atom stereocenters. The highest BCUT2D eigenvalue weighted by atomic mass is 16.1. The average Bonchev–Trinajstić information content (AvgIpc) is 3.02. The first-order chi connectivity index (χ1) is 13.1. The summed E-state index contributed by atoms with van der Waals surface area (Å²) in [7, 11) is 4.26. The summed E-state index contributed by atoms with van der Waals surface area (Å²) in [6.45, 7) is 0.701. The first kappa shape index (κ1) is 19.4. The van der Waals surface area contributed by atoms with Crippen LogP contribution in [0.15, 0.2) is 48.8 Å². The predicted octanol–water partition coefficient (Wildman–Crippen LogP) is 3.66. The number of nitrogens with one attached hydrogen (secondary N) is 1. The third-order valence-electron chi connectivity index (χ3n) is 5.63. The number of nitrogens with zero attached hydrogens (tertiary/aromatic N) is 3. The molecule has 1 aromatic carbocycles. The van der Waals surface area contributed by atoms with Crippen LogP contribution >= 0.6 is 0 Å². The number of aromatic nitrogens is 2. The number of hydrogen-bond donors (Lipinski definition) is 1. The summed E-state index contributed by atoms with van der Waals surface area (Å²) >= 11 is 0. The summed E-state index contributed by atoms with van der Waals surface area (Å²) in [5.74, 6) is -0.0482. The van der Waals surface area contributed by atoms with E-state index in [2.05, 4.69) is 29.4 Å². The molecule has 1 heterocycles. The molecule has 1 saturated carbocycles. The first-order valence-corrected chi connectivity index (χ1v) is 9.83. The summed E-state index contributed by atoms with van der Waals surface area (Å²) < 4.78 is 1.81. The van der Waals surface area contributed by atoms with E-state index in [9.17, 15) is 4.79 Å². The SMILES string of the molecule is CN(C)C1(CNC(=O)/C=C/c2cnn(-c3ccccc3)c2)CCCCCC1. The molecule has 3 rings (SSSR count). The third kappa shape index (κ3) is 5.07. The van der Waals surface area contributed by atoms with Crippen molar-refractivity contribution >= 4 is 12.0 Å². The van der Waals surface area contributed by atoms with Crippen molar-refractivity contribution in [3.63, 3.8) is 0 Å². The normalized spacial score (nSPS) is 17.1. The van der Waals surface area contributed by atoms with Gasteiger partial charge in [-0.05, 0) is 45.1 Å². The van der Waals surface area contributed by atoms with Gasteiger partial charge in [0.15, 0.2) is 0 Å². The maximum absolute atomic E-state index is 12.3. The van der Waals surface area contributed by atoms with Gasteiger partial charge in [-0.3, -0.25) is 4.79 Å². The average molecular weight is 367 g/mol. The lowest BCUT2D eigenvalue weighted by molar-refractivity contribution is -0.117. The van der Waals surface area contributed by atoms with Gasteiger partial charge in [0.1, 0.15) is 0 Å². The standard InChI is InChI=1S/C22H30N4O/c1-25(2)22(14-8-3-4-9-15-22)18-23-21(27)13-12-19-16-24-26(17-19)20-10-6-5-7-11-20/h5-7,10-13,16-17H,3-4,8-9,14-15,18H2,1-2H3,(H,23,27)/b13-12+. The van der Waals surface area contributed by atoms with Crippen LogP contribution in [0.3, 0.4) is 0 Å². The van der Waals surface area contributed by atoms with Gasteiger partial charge in [0.25, 0.3) is 0 Å². The lowest BCUT2D eigenvalue weighted by Gasteiger charge is -2.39. The minimum absolute atomic E-state index is 0.0482. The topological polar surface area (TPSA) is 50.2 Å². The highest BCUT2D eigenvalue weighted by Gasteiger charge is 2.33. The van der Waals surface area contributed by atoms with Crippen LogP contribution in [0.1, 0.15) is 44.1 Å². The van der Waals surface area contributed by atoms with Crippen LogP contribution in [0.5, 0.6) is 0 Å². The van der Waals surface area contributed by atoms with Gasteiger partial charge in [0.05, 0.1) is 11.9 Å². The Morgan fingerprint density at radius 1 is 1.19 bits per heavy atom. The zero-order chi connectivity index (χ0) is 19.1. The van der Waals surface area contributed by atoms with Gasteiger partial charge in [-0.2, -0.15) is 5.10 Å². The van der Waals surface area contributed by atoms with E-state index >= 15 is 0 Å². The van der Waals surface area contributed by atoms with E-state index in [0.29, 0.717) is 6.54 Å². The number of carbonyl (C=O) groups excluding carboxylic acids is 1. The molecule has 5 nitrogen and oxygen atoms in total. The Morgan fingerprint density at radius 2 is 1.89 bits per heavy atom. The van der Waals surface area contributed by atoms with Crippen molar-refractivity contribution in [3.8, 4) is 5.69 Å². The monoisotopic (exact) mass is 366 g/mol. The highest BCUT2D eigenvalue weighted by Crippen LogP contribution is 2.30. The number of carbonyl (C=O) groups is 1. The maximum atomic E-state index is 12.3. The van der Waals surface area contributed by atoms with Crippen LogP contribution in [-0.4, -0.2) is 46.8 Å². The van der Waals surface area contributed by atoms with Crippen molar-refractivity contribution < 1.29 is 4.79 Å². The van der Waals surface area contributed by atoms with Crippen LogP contribution in [0.25, 0.3) is 11.8 Å². The molecule has 0 aliphatic heterocycles. The van der Waals surface area contributed by atoms with Gasteiger partial charge in [0, 0.05) is 29.9 Å². The maximum Gasteiger partial charge on any atom is 0.244 e. The van der Waals surface area contributed by atoms with Gasteiger partial charge < -0.3 is 10.2 Å². The number of amides is 1. The zero-order valence-electron chi connectivity index (χ0n) is 16.4. The summed E-state index contributed by atoms with van der Waals surface area (Å²) in [6.07, 6.45) is 14.5. The van der Waals surface area contributed by atoms with Gasteiger partial charge >= 0.3 is 0 Å². The van der Waals surface area contributed by atoms with E-state index in [-0.39, 0.29) is 11.4 Å². The van der Waals surface area contributed by atoms with Crippen LogP contribution < -0.4 is 5.32 Å². The van der Waals surface area contributed by atoms with Crippen molar-refractivity contribution in [1.82, 2.24) is 20.0 Å². The van der Waals surface area contributed by atoms with Gasteiger partial charge in [-0.1, -0.05) is 43.9 Å². The lowest BCUT2D eigenvalue weighted by atomic mass is 9.88. The molecule has 1 aliphatic rings. The summed E-state index contributed by atoms with van der Waals surface area (Å²) in [5, 5.41) is 7.47. The van der Waals surface area contributed by atoms with E-state index < -0.39 is 0 Å². The molecule has 144 valence electrons. The quantitative estimate of drug-likeness (QED) is 0.627. The first-order valence-electron chi connectivity index (χ1n) is 9.83. The van der Waals surface area contributed by atoms with E-state index in [1.54, 1.807) is 12.3 Å². The molecule has 1 fully saturated rings. The summed E-state index contributed by atoms with van der Waals surface area (Å²) in [6, 6.07) is 9.94. The van der Waals surface area contributed by atoms with E-state index in [1.807, 2.05) is 47.3 Å². The van der Waals surface area contributed by atoms with Crippen LogP contribution in [0.2, 0.25) is 0 Å². The van der Waals surface area contributed by atoms with Gasteiger partial charge in [-0.25, -0.2) is 4.68 Å². The molecular weight excluding hydrogens is 336 g/mol. The highest BCUT2D eigenvalue weighted by molar-refractivity contribution is 5.91. The van der Waals surface area contributed by atoms with Gasteiger partial charge in [0.2, 0.25) is 5.91 Å². The largest absolute Gasteiger partial charge is 0.351 e. The fraction of sp³-hybridized carbons (Fsp3) is 0.455. The molecule has 1 aliphatic carbocycles. The Hall–Kier alpha value is -2.40. The van der Waals surface area contributed by atoms with Crippen LogP contribution in [0, 0.1) is 0 Å². The van der Waals surface area contributed by atoms with Crippen molar-refractivity contribution in [3.05, 3.63) is 54.4 Å². The van der Waals surface area contributed by atoms with Crippen molar-refractivity contribution in [2.75, 3.05) is 20.6 Å². The smallest absolute Gasteiger partial charge is 0.244 e. The van der Waals surface area contributed by atoms with Gasteiger partial charge in [-0.15, -0.1) is 0 Å². The lowest BCUT2D eigenvalue weighted by Crippen LogP contribution is -2.52. The number of hydrogen-bond acceptors (Lipinski definition) is 3. The fourth-order valence-electron chi connectivity index (χ4n) is 3.80. The molecule has 1 amide bonds. The Kier molecular flexibility index (Phi) is 6.45. The molecule has 0 atom stereocenters. The number of para-hydroxylation sites is 1. The Balaban J connectivity index is 1.58. The second-order valence-electron chi connectivity index (χ2n) is 7.64. The fourth-order valence-corrected chi connectivity index (χ4v) is 3.80. The Bertz CT molecular complexity index is 756. The van der Waals surface area contributed by atoms with Crippen molar-refractivity contribution in [2.24, 2.45) is 0 Å². The molecule has 1 aromatic heterocycles. The molecule has 1 N–H and O–H groups in total.